The predicted molar refractivity (Wildman–Crippen MR) is 71.4 cm³/mol. The van der Waals surface area contributed by atoms with Crippen LogP contribution in [0.3, 0.4) is 0 Å². The molecule has 2 aromatic heterocycles. The van der Waals surface area contributed by atoms with E-state index in [0.29, 0.717) is 16.9 Å². The minimum atomic E-state index is -0.188. The number of aromatic nitrogens is 2. The van der Waals surface area contributed by atoms with Gasteiger partial charge in [0.05, 0.1) is 12.8 Å². The van der Waals surface area contributed by atoms with Crippen LogP contribution in [0.2, 0.25) is 0 Å². The molecule has 0 aliphatic rings. The van der Waals surface area contributed by atoms with Crippen LogP contribution in [0.1, 0.15) is 5.69 Å². The number of ether oxygens (including phenoxy) is 1. The number of benzene rings is 1. The summed E-state index contributed by atoms with van der Waals surface area (Å²) in [7, 11) is 1.61. The van der Waals surface area contributed by atoms with Gasteiger partial charge in [0.2, 0.25) is 11.0 Å². The van der Waals surface area contributed by atoms with Gasteiger partial charge in [0.1, 0.15) is 17.0 Å². The Morgan fingerprint density at radius 2 is 2.16 bits per heavy atom. The van der Waals surface area contributed by atoms with Gasteiger partial charge in [0.15, 0.2) is 0 Å². The molecule has 0 fully saturated rings. The van der Waals surface area contributed by atoms with Crippen molar-refractivity contribution in [3.63, 3.8) is 0 Å². The van der Waals surface area contributed by atoms with Crippen molar-refractivity contribution in [2.24, 2.45) is 0 Å². The third kappa shape index (κ3) is 1.89. The van der Waals surface area contributed by atoms with E-state index in [2.05, 4.69) is 10.1 Å². The fraction of sp³-hybridized carbons (Fsp3) is 0.143. The fourth-order valence-electron chi connectivity index (χ4n) is 2.00. The first-order chi connectivity index (χ1) is 9.19. The first-order valence-corrected chi connectivity index (χ1v) is 5.83. The summed E-state index contributed by atoms with van der Waals surface area (Å²) >= 11 is 0. The average Bonchev–Trinajstić information content (AvgIpc) is 2.81. The molecule has 1 N–H and O–H groups in total. The number of aryl methyl sites for hydroxylation is 1. The van der Waals surface area contributed by atoms with Crippen LogP contribution in [-0.4, -0.2) is 17.3 Å². The number of nitrogens with zero attached hydrogens (tertiary/aromatic N) is 1. The van der Waals surface area contributed by atoms with Gasteiger partial charge in [-0.3, -0.25) is 4.79 Å². The zero-order valence-electron chi connectivity index (χ0n) is 10.6. The molecule has 19 heavy (non-hydrogen) atoms. The highest BCUT2D eigenvalue weighted by atomic mass is 16.5. The summed E-state index contributed by atoms with van der Waals surface area (Å²) in [6, 6.07) is 8.99. The molecule has 0 saturated heterocycles. The average molecular weight is 256 g/mol. The highest BCUT2D eigenvalue weighted by molar-refractivity contribution is 5.78. The van der Waals surface area contributed by atoms with Gasteiger partial charge in [-0.2, -0.15) is 0 Å². The van der Waals surface area contributed by atoms with Crippen molar-refractivity contribution in [3.8, 4) is 17.0 Å². The van der Waals surface area contributed by atoms with Crippen molar-refractivity contribution in [1.82, 2.24) is 10.1 Å². The van der Waals surface area contributed by atoms with Crippen molar-refractivity contribution >= 4 is 11.1 Å². The molecule has 5 heteroatoms. The number of pyridine rings is 1. The van der Waals surface area contributed by atoms with Crippen LogP contribution in [0, 0.1) is 6.92 Å². The summed E-state index contributed by atoms with van der Waals surface area (Å²) < 4.78 is 10.2. The second kappa shape index (κ2) is 4.28. The van der Waals surface area contributed by atoms with E-state index in [9.17, 15) is 4.79 Å². The van der Waals surface area contributed by atoms with Crippen LogP contribution in [0.25, 0.3) is 22.4 Å². The summed E-state index contributed by atoms with van der Waals surface area (Å²) in [6.07, 6.45) is 0. The molecule has 0 aliphatic heterocycles. The van der Waals surface area contributed by atoms with Gasteiger partial charge in [-0.1, -0.05) is 17.3 Å². The van der Waals surface area contributed by atoms with Gasteiger partial charge in [-0.15, -0.1) is 0 Å². The molecule has 2 heterocycles. The highest BCUT2D eigenvalue weighted by Crippen LogP contribution is 2.23. The maximum absolute atomic E-state index is 12.0. The lowest BCUT2D eigenvalue weighted by molar-refractivity contribution is 0.415. The number of nitrogens with one attached hydrogen (secondary N) is 1. The van der Waals surface area contributed by atoms with Crippen molar-refractivity contribution in [3.05, 3.63) is 46.2 Å². The van der Waals surface area contributed by atoms with Crippen molar-refractivity contribution in [2.75, 3.05) is 7.11 Å². The lowest BCUT2D eigenvalue weighted by atomic mass is 10.1. The summed E-state index contributed by atoms with van der Waals surface area (Å²) in [6.45, 7) is 1.79. The molecule has 0 aliphatic carbocycles. The van der Waals surface area contributed by atoms with E-state index in [1.807, 2.05) is 24.3 Å². The first-order valence-electron chi connectivity index (χ1n) is 5.83. The van der Waals surface area contributed by atoms with Crippen LogP contribution in [0.15, 0.2) is 39.6 Å². The maximum Gasteiger partial charge on any atom is 0.230 e. The van der Waals surface area contributed by atoms with E-state index >= 15 is 0 Å². The second-order valence-electron chi connectivity index (χ2n) is 4.25. The quantitative estimate of drug-likeness (QED) is 0.764. The Kier molecular flexibility index (Phi) is 2.59. The molecule has 3 aromatic rings. The van der Waals surface area contributed by atoms with Crippen LogP contribution >= 0.6 is 0 Å². The normalized spacial score (nSPS) is 10.8. The van der Waals surface area contributed by atoms with Gasteiger partial charge in [-0.05, 0) is 19.1 Å². The summed E-state index contributed by atoms with van der Waals surface area (Å²) in [5, 5.41) is 3.79. The molecule has 96 valence electrons. The van der Waals surface area contributed by atoms with E-state index < -0.39 is 0 Å². The molecule has 0 unspecified atom stereocenters. The van der Waals surface area contributed by atoms with Gasteiger partial charge >= 0.3 is 0 Å². The molecule has 3 rings (SSSR count). The molecular formula is C14H12N2O3. The Labute approximate surface area is 108 Å². The van der Waals surface area contributed by atoms with E-state index in [1.54, 1.807) is 14.0 Å². The molecule has 0 spiro atoms. The Hall–Kier alpha value is -2.56. The highest BCUT2D eigenvalue weighted by Gasteiger charge is 2.11. The van der Waals surface area contributed by atoms with Crippen molar-refractivity contribution in [1.29, 1.82) is 0 Å². The number of methoxy groups -OCH3 is 1. The van der Waals surface area contributed by atoms with Crippen molar-refractivity contribution in [2.45, 2.75) is 6.92 Å². The SMILES string of the molecule is COc1cccc(-c2cc(=O)c3onc(C)c3[nH]2)c1. The number of aromatic amines is 1. The smallest absolute Gasteiger partial charge is 0.230 e. The number of rotatable bonds is 2. The zero-order valence-corrected chi connectivity index (χ0v) is 10.6. The number of hydrogen-bond donors (Lipinski definition) is 1. The minimum Gasteiger partial charge on any atom is -0.497 e. The predicted octanol–water partition coefficient (Wildman–Crippen LogP) is 2.50. The van der Waals surface area contributed by atoms with Crippen LogP contribution in [-0.2, 0) is 0 Å². The largest absolute Gasteiger partial charge is 0.497 e. The Balaban J connectivity index is 2.24. The summed E-state index contributed by atoms with van der Waals surface area (Å²) in [4.78, 5) is 15.1. The van der Waals surface area contributed by atoms with Crippen LogP contribution in [0.4, 0.5) is 0 Å². The molecule has 0 bridgehead atoms. The van der Waals surface area contributed by atoms with Crippen LogP contribution in [0.5, 0.6) is 5.75 Å². The van der Waals surface area contributed by atoms with E-state index in [4.69, 9.17) is 9.26 Å². The minimum absolute atomic E-state index is 0.188. The molecule has 0 radical (unpaired) electrons. The monoisotopic (exact) mass is 256 g/mol. The molecule has 0 amide bonds. The lowest BCUT2D eigenvalue weighted by Crippen LogP contribution is -2.01. The summed E-state index contributed by atoms with van der Waals surface area (Å²) in [5.74, 6) is 0.737. The topological polar surface area (TPSA) is 68.1 Å². The zero-order chi connectivity index (χ0) is 13.4. The standard InChI is InChI=1S/C14H12N2O3/c1-8-13-14(19-16-8)12(17)7-11(15-13)9-4-3-5-10(6-9)18-2/h3-7H,1-2H3,(H,15,17). The Bertz CT molecular complexity index is 802. The third-order valence-corrected chi connectivity index (χ3v) is 3.00. The molecular weight excluding hydrogens is 244 g/mol. The fourth-order valence-corrected chi connectivity index (χ4v) is 2.00. The van der Waals surface area contributed by atoms with Gasteiger partial charge < -0.3 is 14.2 Å². The number of H-pyrrole nitrogens is 1. The van der Waals surface area contributed by atoms with Crippen LogP contribution < -0.4 is 10.2 Å². The van der Waals surface area contributed by atoms with E-state index in [-0.39, 0.29) is 11.0 Å². The van der Waals surface area contributed by atoms with Gasteiger partial charge in [-0.25, -0.2) is 0 Å². The molecule has 5 nitrogen and oxygen atoms in total. The number of fused-ring (bicyclic) bond motifs is 1. The third-order valence-electron chi connectivity index (χ3n) is 3.00. The lowest BCUT2D eigenvalue weighted by Gasteiger charge is -2.04. The van der Waals surface area contributed by atoms with E-state index in [0.717, 1.165) is 11.3 Å². The summed E-state index contributed by atoms with van der Waals surface area (Å²) in [5.41, 5.74) is 2.94. The van der Waals surface area contributed by atoms with Gasteiger partial charge in [0, 0.05) is 11.6 Å². The van der Waals surface area contributed by atoms with Gasteiger partial charge in [0.25, 0.3) is 0 Å². The van der Waals surface area contributed by atoms with Crippen molar-refractivity contribution < 1.29 is 9.26 Å². The Morgan fingerprint density at radius 1 is 1.32 bits per heavy atom. The number of hydrogen-bond acceptors (Lipinski definition) is 4. The van der Waals surface area contributed by atoms with E-state index in [1.165, 1.54) is 6.07 Å². The second-order valence-corrected chi connectivity index (χ2v) is 4.25. The first kappa shape index (κ1) is 11.5. The maximum atomic E-state index is 12.0. The molecule has 0 atom stereocenters. The Morgan fingerprint density at radius 3 is 2.95 bits per heavy atom. The molecule has 1 aromatic carbocycles. The molecule has 0 saturated carbocycles.